The van der Waals surface area contributed by atoms with Gasteiger partial charge in [0.15, 0.2) is 0 Å². The van der Waals surface area contributed by atoms with Gasteiger partial charge in [0, 0.05) is 16.7 Å². The van der Waals surface area contributed by atoms with E-state index in [1.54, 1.807) is 0 Å². The van der Waals surface area contributed by atoms with E-state index in [9.17, 15) is 31.2 Å². The van der Waals surface area contributed by atoms with Crippen LogP contribution < -0.4 is 9.47 Å². The summed E-state index contributed by atoms with van der Waals surface area (Å²) in [5, 5.41) is 9.52. The van der Waals surface area contributed by atoms with Gasteiger partial charge in [-0.15, -0.1) is 0 Å². The van der Waals surface area contributed by atoms with Gasteiger partial charge >= 0.3 is 13.2 Å². The molecule has 0 aliphatic heterocycles. The van der Waals surface area contributed by atoms with Crippen LogP contribution >= 0.6 is 11.6 Å². The van der Waals surface area contributed by atoms with Crippen molar-refractivity contribution >= 4 is 27.5 Å². The maximum absolute atomic E-state index is 12.6. The van der Waals surface area contributed by atoms with Crippen LogP contribution in [0.4, 0.5) is 17.6 Å². The molecule has 2 rings (SSSR count). The molecular weight excluding hydrogens is 426 g/mol. The molecule has 28 heavy (non-hydrogen) atoms. The van der Waals surface area contributed by atoms with Gasteiger partial charge in [-0.25, -0.2) is 8.42 Å². The highest BCUT2D eigenvalue weighted by Crippen LogP contribution is 2.31. The lowest BCUT2D eigenvalue weighted by molar-refractivity contribution is -0.0543. The highest BCUT2D eigenvalue weighted by molar-refractivity contribution is 7.95. The summed E-state index contributed by atoms with van der Waals surface area (Å²) in [6, 6.07) is 9.12. The summed E-state index contributed by atoms with van der Waals surface area (Å²) in [6.45, 7) is -6.53. The van der Waals surface area contributed by atoms with Crippen LogP contribution in [0.2, 0.25) is 5.02 Å². The maximum Gasteiger partial charge on any atom is 0.387 e. The van der Waals surface area contributed by atoms with E-state index in [0.29, 0.717) is 0 Å². The highest BCUT2D eigenvalue weighted by atomic mass is 35.5. The van der Waals surface area contributed by atoms with E-state index in [0.717, 1.165) is 24.3 Å². The number of nitrogens with zero attached hydrogens (tertiary/aromatic N) is 1. The number of ether oxygens (including phenoxy) is 2. The van der Waals surface area contributed by atoms with E-state index in [2.05, 4.69) is 9.47 Å². The Hall–Kier alpha value is -2.77. The lowest BCUT2D eigenvalue weighted by atomic mass is 10.2. The Labute approximate surface area is 162 Å². The number of rotatable bonds is 7. The summed E-state index contributed by atoms with van der Waals surface area (Å²) in [4.78, 5) is -1.03. The minimum atomic E-state index is -4.29. The molecule has 0 aliphatic rings. The second kappa shape index (κ2) is 8.95. The number of allylic oxidation sites excluding steroid dienone is 1. The molecule has 2 aromatic rings. The third-order valence-electron chi connectivity index (χ3n) is 3.24. The summed E-state index contributed by atoms with van der Waals surface area (Å²) in [5.41, 5.74) is -0.254. The molecule has 0 heterocycles. The van der Waals surface area contributed by atoms with E-state index < -0.39 is 39.5 Å². The summed E-state index contributed by atoms with van der Waals surface area (Å²) < 4.78 is 83.3. The Balaban J connectivity index is 2.53. The first-order valence-electron chi connectivity index (χ1n) is 7.29. The molecule has 0 aliphatic carbocycles. The summed E-state index contributed by atoms with van der Waals surface area (Å²) in [7, 11) is -4.29. The minimum Gasteiger partial charge on any atom is -0.435 e. The summed E-state index contributed by atoms with van der Waals surface area (Å²) in [5.74, 6) is -1.13. The first kappa shape index (κ1) is 21.5. The third kappa shape index (κ3) is 5.37. The molecule has 0 bridgehead atoms. The van der Waals surface area contributed by atoms with Crippen molar-refractivity contribution < 1.29 is 35.5 Å². The predicted octanol–water partition coefficient (Wildman–Crippen LogP) is 4.88. The lowest BCUT2D eigenvalue weighted by Gasteiger charge is -2.11. The van der Waals surface area contributed by atoms with Gasteiger partial charge < -0.3 is 9.47 Å². The standard InChI is InChI=1S/C17H10ClF4NO4S/c18-11-2-5-13(6-3-11)28(24,25)14(9-23)7-10-1-4-12(26-16(19)20)8-15(10)27-17(21)22/h1-8,16-17H/b14-7+. The van der Waals surface area contributed by atoms with Crippen LogP contribution in [-0.2, 0) is 9.84 Å². The van der Waals surface area contributed by atoms with Crippen LogP contribution in [0.1, 0.15) is 5.56 Å². The Morgan fingerprint density at radius 2 is 1.64 bits per heavy atom. The molecule has 0 aromatic heterocycles. The summed E-state index contributed by atoms with van der Waals surface area (Å²) >= 11 is 5.70. The van der Waals surface area contributed by atoms with Gasteiger partial charge in [0.25, 0.3) is 0 Å². The van der Waals surface area contributed by atoms with E-state index in [-0.39, 0.29) is 15.5 Å². The topological polar surface area (TPSA) is 76.4 Å². The Morgan fingerprint density at radius 1 is 1.04 bits per heavy atom. The average Bonchev–Trinajstić information content (AvgIpc) is 2.60. The van der Waals surface area contributed by atoms with Crippen LogP contribution in [0.15, 0.2) is 52.3 Å². The molecule has 0 fully saturated rings. The quantitative estimate of drug-likeness (QED) is 0.457. The predicted molar refractivity (Wildman–Crippen MR) is 91.9 cm³/mol. The molecule has 0 radical (unpaired) electrons. The molecule has 5 nitrogen and oxygen atoms in total. The van der Waals surface area contributed by atoms with Gasteiger partial charge in [0.2, 0.25) is 9.84 Å². The van der Waals surface area contributed by atoms with E-state index in [1.807, 2.05) is 0 Å². The molecule has 148 valence electrons. The van der Waals surface area contributed by atoms with Gasteiger partial charge in [-0.05, 0) is 42.5 Å². The molecular formula is C17H10ClF4NO4S. The highest BCUT2D eigenvalue weighted by Gasteiger charge is 2.22. The van der Waals surface area contributed by atoms with Crippen molar-refractivity contribution in [3.05, 3.63) is 58.0 Å². The zero-order chi connectivity index (χ0) is 20.9. The maximum atomic E-state index is 12.6. The van der Waals surface area contributed by atoms with E-state index >= 15 is 0 Å². The zero-order valence-electron chi connectivity index (χ0n) is 13.7. The minimum absolute atomic E-state index is 0.251. The first-order chi connectivity index (χ1) is 13.1. The van der Waals surface area contributed by atoms with Crippen LogP contribution in [0.5, 0.6) is 11.5 Å². The fourth-order valence-corrected chi connectivity index (χ4v) is 3.34. The Kier molecular flexibility index (Phi) is 6.88. The Morgan fingerprint density at radius 3 is 2.18 bits per heavy atom. The van der Waals surface area contributed by atoms with Crippen molar-refractivity contribution in [1.29, 1.82) is 5.26 Å². The number of nitriles is 1. The zero-order valence-corrected chi connectivity index (χ0v) is 15.2. The number of hydrogen-bond acceptors (Lipinski definition) is 5. The number of alkyl halides is 4. The van der Waals surface area contributed by atoms with Gasteiger partial charge in [0.05, 0.1) is 4.90 Å². The molecule has 0 amide bonds. The number of halogens is 5. The fourth-order valence-electron chi connectivity index (χ4n) is 2.06. The molecule has 11 heteroatoms. The Bertz CT molecular complexity index is 1020. The van der Waals surface area contributed by atoms with E-state index in [1.165, 1.54) is 30.3 Å². The largest absolute Gasteiger partial charge is 0.435 e. The van der Waals surface area contributed by atoms with Crippen molar-refractivity contribution in [1.82, 2.24) is 0 Å². The van der Waals surface area contributed by atoms with Crippen molar-refractivity contribution in [2.75, 3.05) is 0 Å². The van der Waals surface area contributed by atoms with Crippen LogP contribution in [0.25, 0.3) is 6.08 Å². The number of hydrogen-bond donors (Lipinski definition) is 0. The van der Waals surface area contributed by atoms with Crippen LogP contribution in [0, 0.1) is 11.3 Å². The van der Waals surface area contributed by atoms with Gasteiger partial charge in [0.1, 0.15) is 22.5 Å². The van der Waals surface area contributed by atoms with Gasteiger partial charge in [-0.2, -0.15) is 22.8 Å². The molecule has 0 saturated carbocycles. The van der Waals surface area contributed by atoms with Crippen molar-refractivity contribution in [3.63, 3.8) is 0 Å². The smallest absolute Gasteiger partial charge is 0.387 e. The average molecular weight is 436 g/mol. The second-order valence-electron chi connectivity index (χ2n) is 5.03. The van der Waals surface area contributed by atoms with E-state index in [4.69, 9.17) is 11.6 Å². The number of benzene rings is 2. The van der Waals surface area contributed by atoms with Crippen LogP contribution in [0.3, 0.4) is 0 Å². The molecule has 0 N–H and O–H groups in total. The monoisotopic (exact) mass is 435 g/mol. The molecule has 0 spiro atoms. The number of sulfone groups is 1. The second-order valence-corrected chi connectivity index (χ2v) is 7.39. The molecule has 2 aromatic carbocycles. The lowest BCUT2D eigenvalue weighted by Crippen LogP contribution is -2.07. The van der Waals surface area contributed by atoms with Crippen molar-refractivity contribution in [2.45, 2.75) is 18.1 Å². The van der Waals surface area contributed by atoms with Gasteiger partial charge in [-0.1, -0.05) is 11.6 Å². The summed E-state index contributed by atoms with van der Waals surface area (Å²) in [6.07, 6.45) is 0.786. The van der Waals surface area contributed by atoms with Gasteiger partial charge in [-0.3, -0.25) is 0 Å². The fraction of sp³-hybridized carbons (Fsp3) is 0.118. The third-order valence-corrected chi connectivity index (χ3v) is 5.17. The molecule has 0 atom stereocenters. The van der Waals surface area contributed by atoms with Crippen LogP contribution in [-0.4, -0.2) is 21.6 Å². The van der Waals surface area contributed by atoms with Crippen molar-refractivity contribution in [2.24, 2.45) is 0 Å². The molecule has 0 saturated heterocycles. The molecule has 0 unspecified atom stereocenters. The normalized spacial score (nSPS) is 12.1. The SMILES string of the molecule is N#C/C(=C\c1ccc(OC(F)F)cc1OC(F)F)S(=O)(=O)c1ccc(Cl)cc1. The van der Waals surface area contributed by atoms with Crippen molar-refractivity contribution in [3.8, 4) is 17.6 Å². The first-order valence-corrected chi connectivity index (χ1v) is 9.15.